The van der Waals surface area contributed by atoms with E-state index in [9.17, 15) is 9.59 Å². The molecule has 1 saturated carbocycles. The van der Waals surface area contributed by atoms with Gasteiger partial charge in [0.15, 0.2) is 0 Å². The molecule has 0 radical (unpaired) electrons. The summed E-state index contributed by atoms with van der Waals surface area (Å²) in [4.78, 5) is 37.5. The lowest BCUT2D eigenvalue weighted by Gasteiger charge is -2.37. The van der Waals surface area contributed by atoms with Crippen LogP contribution >= 0.6 is 11.6 Å². The maximum Gasteiger partial charge on any atom is 0.318 e. The molecular formula is C36H43ClN6O3. The molecule has 2 fully saturated rings. The number of amides is 3. The molecule has 1 saturated heterocycles. The number of carbonyl (C=O) groups excluding carboxylic acids is 2. The molecule has 2 aliphatic rings. The first-order valence-electron chi connectivity index (χ1n) is 16.1. The standard InChI is InChI=1S/C36H43ClN6O3/c1-24(30-21-38-31-7-5-4-6-29(30)31)34(40-36(45)43-18-16-42(17-19-43)28-13-11-27(37)12-14-28)35(44)39-32-20-26(22-41(2)3)10-15-33(32)46-23-25-8-9-25/h4-7,10-15,20-21,24-25,34,38H,8-9,16-19,22-23H2,1-3H3,(H,39,44)(H,40,45)/t24-,34-/m1/s1. The number of benzene rings is 3. The zero-order valence-electron chi connectivity index (χ0n) is 26.8. The molecular weight excluding hydrogens is 600 g/mol. The van der Waals surface area contributed by atoms with Crippen LogP contribution in [-0.4, -0.2) is 79.6 Å². The monoisotopic (exact) mass is 642 g/mol. The topological polar surface area (TPSA) is 92.9 Å². The van der Waals surface area contributed by atoms with E-state index in [0.29, 0.717) is 55.2 Å². The van der Waals surface area contributed by atoms with Crippen molar-refractivity contribution in [3.63, 3.8) is 0 Å². The fraction of sp³-hybridized carbons (Fsp3) is 0.389. The third-order valence-electron chi connectivity index (χ3n) is 8.90. The number of urea groups is 1. The molecule has 1 aliphatic carbocycles. The molecule has 4 aromatic rings. The minimum Gasteiger partial charge on any atom is -0.491 e. The molecule has 3 amide bonds. The molecule has 1 aliphatic heterocycles. The molecule has 2 heterocycles. The number of nitrogens with one attached hydrogen (secondary N) is 3. The number of anilines is 2. The van der Waals surface area contributed by atoms with E-state index in [1.54, 1.807) is 4.90 Å². The summed E-state index contributed by atoms with van der Waals surface area (Å²) in [5, 5.41) is 8.00. The summed E-state index contributed by atoms with van der Waals surface area (Å²) >= 11 is 6.08. The Bertz CT molecular complexity index is 1660. The van der Waals surface area contributed by atoms with Crippen LogP contribution in [0.5, 0.6) is 5.75 Å². The van der Waals surface area contributed by atoms with Crippen molar-refractivity contribution in [2.24, 2.45) is 5.92 Å². The second-order valence-corrected chi connectivity index (χ2v) is 13.2. The molecule has 9 nitrogen and oxygen atoms in total. The van der Waals surface area contributed by atoms with Gasteiger partial charge in [-0.15, -0.1) is 0 Å². The van der Waals surface area contributed by atoms with Gasteiger partial charge in [0.2, 0.25) is 5.91 Å². The lowest BCUT2D eigenvalue weighted by atomic mass is 9.92. The predicted octanol–water partition coefficient (Wildman–Crippen LogP) is 6.31. The Balaban J connectivity index is 1.23. The summed E-state index contributed by atoms with van der Waals surface area (Å²) in [6.45, 7) is 5.79. The third-order valence-corrected chi connectivity index (χ3v) is 9.16. The lowest BCUT2D eigenvalue weighted by molar-refractivity contribution is -0.118. The van der Waals surface area contributed by atoms with Crippen LogP contribution in [0.25, 0.3) is 10.9 Å². The smallest absolute Gasteiger partial charge is 0.318 e. The lowest BCUT2D eigenvalue weighted by Crippen LogP contribution is -2.56. The third kappa shape index (κ3) is 7.59. The van der Waals surface area contributed by atoms with E-state index in [0.717, 1.165) is 34.3 Å². The van der Waals surface area contributed by atoms with Gasteiger partial charge in [-0.05, 0) is 86.4 Å². The normalized spacial score (nSPS) is 16.4. The Morgan fingerprint density at radius 2 is 1.76 bits per heavy atom. The number of piperazine rings is 1. The largest absolute Gasteiger partial charge is 0.491 e. The van der Waals surface area contributed by atoms with Gasteiger partial charge in [0.1, 0.15) is 11.8 Å². The van der Waals surface area contributed by atoms with Crippen LogP contribution in [0.3, 0.4) is 0 Å². The number of halogens is 1. The molecule has 46 heavy (non-hydrogen) atoms. The second kappa shape index (κ2) is 14.1. The van der Waals surface area contributed by atoms with E-state index in [-0.39, 0.29) is 17.9 Å². The number of aromatic amines is 1. The summed E-state index contributed by atoms with van der Waals surface area (Å²) in [6.07, 6.45) is 4.28. The van der Waals surface area contributed by atoms with Gasteiger partial charge >= 0.3 is 6.03 Å². The van der Waals surface area contributed by atoms with Crippen molar-refractivity contribution in [2.45, 2.75) is 38.3 Å². The number of hydrogen-bond acceptors (Lipinski definition) is 5. The zero-order valence-corrected chi connectivity index (χ0v) is 27.5. The van der Waals surface area contributed by atoms with E-state index >= 15 is 0 Å². The van der Waals surface area contributed by atoms with E-state index in [2.05, 4.69) is 25.4 Å². The van der Waals surface area contributed by atoms with Crippen LogP contribution in [0.2, 0.25) is 5.02 Å². The molecule has 1 aromatic heterocycles. The van der Waals surface area contributed by atoms with Crippen LogP contribution in [0, 0.1) is 5.92 Å². The van der Waals surface area contributed by atoms with Crippen molar-refractivity contribution in [3.8, 4) is 5.75 Å². The Kier molecular flexibility index (Phi) is 9.70. The van der Waals surface area contributed by atoms with Crippen molar-refractivity contribution in [1.29, 1.82) is 0 Å². The minimum absolute atomic E-state index is 0.255. The molecule has 3 aromatic carbocycles. The first-order chi connectivity index (χ1) is 22.2. The molecule has 0 unspecified atom stereocenters. The second-order valence-electron chi connectivity index (χ2n) is 12.8. The highest BCUT2D eigenvalue weighted by Gasteiger charge is 2.33. The number of fused-ring (bicyclic) bond motifs is 1. The van der Waals surface area contributed by atoms with Crippen LogP contribution in [0.1, 0.15) is 36.8 Å². The number of hydrogen-bond donors (Lipinski definition) is 3. The molecule has 0 bridgehead atoms. The number of H-pyrrole nitrogens is 1. The van der Waals surface area contributed by atoms with Gasteiger partial charge in [-0.3, -0.25) is 4.79 Å². The average molecular weight is 643 g/mol. The number of rotatable bonds is 11. The van der Waals surface area contributed by atoms with Crippen LogP contribution in [0.15, 0.2) is 72.9 Å². The van der Waals surface area contributed by atoms with E-state index in [1.165, 1.54) is 12.8 Å². The minimum atomic E-state index is -0.838. The summed E-state index contributed by atoms with van der Waals surface area (Å²) in [7, 11) is 4.03. The quantitative estimate of drug-likeness (QED) is 0.178. The maximum atomic E-state index is 14.3. The summed E-state index contributed by atoms with van der Waals surface area (Å²) in [6, 6.07) is 20.6. The highest BCUT2D eigenvalue weighted by atomic mass is 35.5. The summed E-state index contributed by atoms with van der Waals surface area (Å²) < 4.78 is 6.18. The predicted molar refractivity (Wildman–Crippen MR) is 185 cm³/mol. The van der Waals surface area contributed by atoms with Gasteiger partial charge in [-0.2, -0.15) is 0 Å². The van der Waals surface area contributed by atoms with Gasteiger partial charge in [-0.25, -0.2) is 4.79 Å². The highest BCUT2D eigenvalue weighted by Crippen LogP contribution is 2.34. The number of aromatic nitrogens is 1. The van der Waals surface area contributed by atoms with E-state index < -0.39 is 6.04 Å². The van der Waals surface area contributed by atoms with Gasteiger partial charge < -0.3 is 35.1 Å². The van der Waals surface area contributed by atoms with E-state index in [1.807, 2.05) is 93.9 Å². The van der Waals surface area contributed by atoms with Crippen LogP contribution in [0.4, 0.5) is 16.2 Å². The Hall–Kier alpha value is -4.21. The van der Waals surface area contributed by atoms with Gasteiger partial charge in [-0.1, -0.05) is 42.8 Å². The Labute approximate surface area is 275 Å². The maximum absolute atomic E-state index is 14.3. The van der Waals surface area contributed by atoms with Crippen LogP contribution in [-0.2, 0) is 11.3 Å². The number of nitrogens with zero attached hydrogens (tertiary/aromatic N) is 3. The SMILES string of the molecule is C[C@H](c1c[nH]c2ccccc12)[C@@H](NC(=O)N1CCN(c2ccc(Cl)cc2)CC1)C(=O)Nc1cc(CN(C)C)ccc1OCC1CC1. The van der Waals surface area contributed by atoms with Crippen molar-refractivity contribution < 1.29 is 14.3 Å². The highest BCUT2D eigenvalue weighted by molar-refractivity contribution is 6.30. The fourth-order valence-electron chi connectivity index (χ4n) is 6.08. The van der Waals surface area contributed by atoms with Gasteiger partial charge in [0.05, 0.1) is 12.3 Å². The van der Waals surface area contributed by atoms with Crippen molar-refractivity contribution >= 4 is 45.8 Å². The average Bonchev–Trinajstić information content (AvgIpc) is 3.79. The number of para-hydroxylation sites is 1. The summed E-state index contributed by atoms with van der Waals surface area (Å²) in [5.41, 5.74) is 4.70. The van der Waals surface area contributed by atoms with E-state index in [4.69, 9.17) is 16.3 Å². The van der Waals surface area contributed by atoms with Gasteiger partial charge in [0.25, 0.3) is 0 Å². The zero-order chi connectivity index (χ0) is 32.2. The molecule has 10 heteroatoms. The number of ether oxygens (including phenoxy) is 1. The molecule has 3 N–H and O–H groups in total. The molecule has 0 spiro atoms. The summed E-state index contributed by atoms with van der Waals surface area (Å²) in [5.74, 6) is 0.602. The fourth-order valence-corrected chi connectivity index (χ4v) is 6.20. The Morgan fingerprint density at radius 1 is 1.02 bits per heavy atom. The first kappa shape index (κ1) is 31.8. The van der Waals surface area contributed by atoms with Crippen molar-refractivity contribution in [3.05, 3.63) is 89.1 Å². The molecule has 242 valence electrons. The van der Waals surface area contributed by atoms with Crippen LogP contribution < -0.4 is 20.3 Å². The molecule has 2 atom stereocenters. The van der Waals surface area contributed by atoms with Crippen molar-refractivity contribution in [1.82, 2.24) is 20.1 Å². The van der Waals surface area contributed by atoms with Gasteiger partial charge in [0, 0.05) is 66.5 Å². The Morgan fingerprint density at radius 3 is 2.48 bits per heavy atom. The van der Waals surface area contributed by atoms with Crippen molar-refractivity contribution in [2.75, 3.05) is 57.1 Å². The number of carbonyl (C=O) groups is 2. The first-order valence-corrected chi connectivity index (χ1v) is 16.5. The molecule has 6 rings (SSSR count).